The Labute approximate surface area is 71.3 Å². The van der Waals surface area contributed by atoms with Gasteiger partial charge in [-0.2, -0.15) is 5.48 Å². The average molecular weight is 169 g/mol. The summed E-state index contributed by atoms with van der Waals surface area (Å²) in [5, 5.41) is 0. The van der Waals surface area contributed by atoms with Crippen LogP contribution in [0.4, 0.5) is 4.39 Å². The third-order valence-electron chi connectivity index (χ3n) is 1.47. The van der Waals surface area contributed by atoms with Gasteiger partial charge in [-0.3, -0.25) is 0 Å². The summed E-state index contributed by atoms with van der Waals surface area (Å²) in [5.74, 6) is -0.204. The van der Waals surface area contributed by atoms with Crippen molar-refractivity contribution in [3.05, 3.63) is 35.6 Å². The second-order valence-electron chi connectivity index (χ2n) is 2.35. The van der Waals surface area contributed by atoms with Gasteiger partial charge in [0.25, 0.3) is 0 Å². The van der Waals surface area contributed by atoms with Crippen molar-refractivity contribution in [3.8, 4) is 0 Å². The highest BCUT2D eigenvalue weighted by Gasteiger charge is 1.98. The van der Waals surface area contributed by atoms with E-state index in [1.54, 1.807) is 18.2 Å². The van der Waals surface area contributed by atoms with Gasteiger partial charge in [0, 0.05) is 12.1 Å². The molecule has 1 N–H and O–H groups in total. The van der Waals surface area contributed by atoms with Crippen LogP contribution < -0.4 is 5.48 Å². The minimum Gasteiger partial charge on any atom is -0.302 e. The number of hydrogen-bond acceptors (Lipinski definition) is 2. The summed E-state index contributed by atoms with van der Waals surface area (Å²) in [7, 11) is 0. The number of halogens is 1. The number of rotatable bonds is 4. The van der Waals surface area contributed by atoms with Gasteiger partial charge in [0.05, 0.1) is 6.61 Å². The van der Waals surface area contributed by atoms with Crippen molar-refractivity contribution in [1.82, 2.24) is 5.48 Å². The van der Waals surface area contributed by atoms with E-state index < -0.39 is 0 Å². The molecule has 3 heteroatoms. The molecule has 0 bridgehead atoms. The molecule has 0 aliphatic carbocycles. The molecule has 1 aromatic carbocycles. The van der Waals surface area contributed by atoms with Crippen molar-refractivity contribution in [3.63, 3.8) is 0 Å². The summed E-state index contributed by atoms with van der Waals surface area (Å²) in [6.07, 6.45) is 0. The summed E-state index contributed by atoms with van der Waals surface area (Å²) in [6.45, 7) is 2.85. The first kappa shape index (κ1) is 9.16. The molecule has 0 heterocycles. The zero-order chi connectivity index (χ0) is 8.81. The van der Waals surface area contributed by atoms with Crippen LogP contribution in [-0.2, 0) is 11.4 Å². The minimum absolute atomic E-state index is 0.204. The average Bonchev–Trinajstić information content (AvgIpc) is 2.09. The Morgan fingerprint density at radius 2 is 2.17 bits per heavy atom. The molecule has 66 valence electrons. The van der Waals surface area contributed by atoms with Crippen LogP contribution in [0.2, 0.25) is 0 Å². The maximum Gasteiger partial charge on any atom is 0.127 e. The van der Waals surface area contributed by atoms with Crippen LogP contribution in [0.25, 0.3) is 0 Å². The first-order chi connectivity index (χ1) is 5.84. The van der Waals surface area contributed by atoms with Crippen LogP contribution in [0.1, 0.15) is 12.5 Å². The second kappa shape index (κ2) is 4.85. The lowest BCUT2D eigenvalue weighted by molar-refractivity contribution is 0.0457. The quantitative estimate of drug-likeness (QED) is 0.548. The summed E-state index contributed by atoms with van der Waals surface area (Å²) in [6, 6.07) is 6.62. The Hall–Kier alpha value is -0.930. The van der Waals surface area contributed by atoms with Gasteiger partial charge in [-0.25, -0.2) is 4.39 Å². The van der Waals surface area contributed by atoms with E-state index in [2.05, 4.69) is 5.48 Å². The van der Waals surface area contributed by atoms with Crippen LogP contribution in [-0.4, -0.2) is 6.61 Å². The first-order valence-corrected chi connectivity index (χ1v) is 3.92. The number of benzene rings is 1. The Morgan fingerprint density at radius 1 is 1.42 bits per heavy atom. The summed E-state index contributed by atoms with van der Waals surface area (Å²) < 4.78 is 12.9. The van der Waals surface area contributed by atoms with Crippen molar-refractivity contribution in [2.75, 3.05) is 6.61 Å². The molecule has 0 atom stereocenters. The molecule has 12 heavy (non-hydrogen) atoms. The molecule has 0 amide bonds. The van der Waals surface area contributed by atoms with Gasteiger partial charge in [-0.1, -0.05) is 18.2 Å². The van der Waals surface area contributed by atoms with Crippen molar-refractivity contribution in [2.24, 2.45) is 0 Å². The molecule has 0 unspecified atom stereocenters. The fourth-order valence-electron chi connectivity index (χ4n) is 0.873. The largest absolute Gasteiger partial charge is 0.302 e. The zero-order valence-corrected chi connectivity index (χ0v) is 7.01. The highest BCUT2D eigenvalue weighted by atomic mass is 19.1. The Morgan fingerprint density at radius 3 is 2.83 bits per heavy atom. The van der Waals surface area contributed by atoms with Gasteiger partial charge >= 0.3 is 0 Å². The molecule has 1 rings (SSSR count). The normalized spacial score (nSPS) is 10.2. The second-order valence-corrected chi connectivity index (χ2v) is 2.35. The first-order valence-electron chi connectivity index (χ1n) is 3.92. The third kappa shape index (κ3) is 2.60. The van der Waals surface area contributed by atoms with Crippen LogP contribution in [0.15, 0.2) is 24.3 Å². The van der Waals surface area contributed by atoms with E-state index in [0.717, 1.165) is 0 Å². The van der Waals surface area contributed by atoms with E-state index in [1.807, 2.05) is 6.92 Å². The number of hydrogen-bond donors (Lipinski definition) is 1. The predicted molar refractivity (Wildman–Crippen MR) is 44.9 cm³/mol. The lowest BCUT2D eigenvalue weighted by atomic mass is 10.2. The molecular formula is C9H12FNO. The molecule has 0 aromatic heterocycles. The maximum absolute atomic E-state index is 12.9. The molecule has 0 fully saturated rings. The van der Waals surface area contributed by atoms with Gasteiger partial charge in [0.2, 0.25) is 0 Å². The lowest BCUT2D eigenvalue weighted by Gasteiger charge is -2.03. The van der Waals surface area contributed by atoms with Crippen LogP contribution in [0.3, 0.4) is 0 Å². The highest BCUT2D eigenvalue weighted by Crippen LogP contribution is 2.04. The topological polar surface area (TPSA) is 21.3 Å². The van der Waals surface area contributed by atoms with Crippen LogP contribution in [0, 0.1) is 5.82 Å². The summed E-state index contributed by atoms with van der Waals surface area (Å²) >= 11 is 0. The van der Waals surface area contributed by atoms with Crippen molar-refractivity contribution in [2.45, 2.75) is 13.5 Å². The molecule has 2 nitrogen and oxygen atoms in total. The highest BCUT2D eigenvalue weighted by molar-refractivity contribution is 5.16. The fourth-order valence-corrected chi connectivity index (χ4v) is 0.873. The Bertz CT molecular complexity index is 240. The van der Waals surface area contributed by atoms with E-state index in [1.165, 1.54) is 6.07 Å². The lowest BCUT2D eigenvalue weighted by Crippen LogP contribution is -2.14. The predicted octanol–water partition coefficient (Wildman–Crippen LogP) is 1.87. The maximum atomic E-state index is 12.9. The van der Waals surface area contributed by atoms with Crippen molar-refractivity contribution < 1.29 is 9.23 Å². The number of hydroxylamine groups is 1. The molecule has 0 saturated carbocycles. The zero-order valence-electron chi connectivity index (χ0n) is 7.01. The van der Waals surface area contributed by atoms with Gasteiger partial charge in [0.15, 0.2) is 0 Å². The third-order valence-corrected chi connectivity index (χ3v) is 1.47. The molecule has 0 spiro atoms. The van der Waals surface area contributed by atoms with Crippen LogP contribution >= 0.6 is 0 Å². The summed E-state index contributed by atoms with van der Waals surface area (Å²) in [4.78, 5) is 4.88. The molecule has 0 saturated heterocycles. The molecule has 1 aromatic rings. The fraction of sp³-hybridized carbons (Fsp3) is 0.333. The number of nitrogens with one attached hydrogen (secondary N) is 1. The van der Waals surface area contributed by atoms with Crippen molar-refractivity contribution in [1.29, 1.82) is 0 Å². The van der Waals surface area contributed by atoms with Gasteiger partial charge < -0.3 is 4.84 Å². The van der Waals surface area contributed by atoms with E-state index in [0.29, 0.717) is 18.7 Å². The van der Waals surface area contributed by atoms with E-state index in [4.69, 9.17) is 4.84 Å². The van der Waals surface area contributed by atoms with E-state index in [9.17, 15) is 4.39 Å². The van der Waals surface area contributed by atoms with Gasteiger partial charge in [-0.15, -0.1) is 0 Å². The van der Waals surface area contributed by atoms with Crippen molar-refractivity contribution >= 4 is 0 Å². The molecule has 0 radical (unpaired) electrons. The minimum atomic E-state index is -0.204. The van der Waals surface area contributed by atoms with E-state index >= 15 is 0 Å². The smallest absolute Gasteiger partial charge is 0.127 e. The summed E-state index contributed by atoms with van der Waals surface area (Å²) in [5.41, 5.74) is 3.27. The van der Waals surface area contributed by atoms with E-state index in [-0.39, 0.29) is 5.82 Å². The standard InChI is InChI=1S/C9H12FNO/c1-2-12-11-7-8-5-3-4-6-9(8)10/h3-6,11H,2,7H2,1H3. The Kier molecular flexibility index (Phi) is 3.70. The monoisotopic (exact) mass is 169 g/mol. The van der Waals surface area contributed by atoms with Gasteiger partial charge in [-0.05, 0) is 13.0 Å². The van der Waals surface area contributed by atoms with Gasteiger partial charge in [0.1, 0.15) is 5.82 Å². The van der Waals surface area contributed by atoms with Crippen LogP contribution in [0.5, 0.6) is 0 Å². The molecule has 0 aliphatic heterocycles. The Balaban J connectivity index is 2.46. The molecule has 0 aliphatic rings. The molecular weight excluding hydrogens is 157 g/mol. The SMILES string of the molecule is CCONCc1ccccc1F.